The number of quaternary nitrogens is 1. The van der Waals surface area contributed by atoms with Crippen molar-refractivity contribution >= 4 is 13.8 Å². The van der Waals surface area contributed by atoms with Crippen LogP contribution in [0.2, 0.25) is 0 Å². The van der Waals surface area contributed by atoms with Gasteiger partial charge in [-0.3, -0.25) is 9.36 Å². The molecule has 0 heterocycles. The zero-order valence-electron chi connectivity index (χ0n) is 39.9. The van der Waals surface area contributed by atoms with Crippen LogP contribution in [0.3, 0.4) is 0 Å². The average Bonchev–Trinajstić information content (AvgIpc) is 3.20. The highest BCUT2D eigenvalue weighted by Gasteiger charge is 2.20. The van der Waals surface area contributed by atoms with Crippen molar-refractivity contribution in [1.82, 2.24) is 0 Å². The second-order valence-corrected chi connectivity index (χ2v) is 19.2. The maximum Gasteiger partial charge on any atom is 0.306 e. The van der Waals surface area contributed by atoms with Gasteiger partial charge in [-0.25, -0.2) is 0 Å². The van der Waals surface area contributed by atoms with Gasteiger partial charge in [0.1, 0.15) is 19.3 Å². The van der Waals surface area contributed by atoms with Gasteiger partial charge < -0.3 is 27.9 Å². The van der Waals surface area contributed by atoms with Gasteiger partial charge in [-0.15, -0.1) is 0 Å². The van der Waals surface area contributed by atoms with Crippen LogP contribution >= 0.6 is 7.82 Å². The third-order valence-electron chi connectivity index (χ3n) is 10.6. The predicted octanol–water partition coefficient (Wildman–Crippen LogP) is 14.5. The number of carbonyl (C=O) groups excluding carboxylic acids is 1. The molecule has 0 saturated carbocycles. The Morgan fingerprint density at radius 3 is 1.45 bits per heavy atom. The monoisotopic (exact) mass is 866 g/mol. The van der Waals surface area contributed by atoms with Gasteiger partial charge in [-0.2, -0.15) is 0 Å². The Hall–Kier alpha value is -1.54. The number of allylic oxidation sites excluding steroid dienone is 8. The molecule has 0 aromatic heterocycles. The van der Waals surface area contributed by atoms with Crippen molar-refractivity contribution in [3.63, 3.8) is 0 Å². The number of carbonyl (C=O) groups is 1. The smallest absolute Gasteiger partial charge is 0.306 e. The van der Waals surface area contributed by atoms with E-state index in [0.717, 1.165) is 70.6 Å². The summed E-state index contributed by atoms with van der Waals surface area (Å²) in [6.07, 6.45) is 54.1. The molecule has 0 radical (unpaired) electrons. The lowest BCUT2D eigenvalue weighted by Gasteiger charge is -2.28. The number of esters is 1. The number of likely N-dealkylation sites (N-methyl/N-ethyl adjacent to an activating group) is 1. The number of ether oxygens (including phenoxy) is 2. The lowest BCUT2D eigenvalue weighted by Crippen LogP contribution is -2.37. The minimum absolute atomic E-state index is 0.0229. The SMILES string of the molecule is CC/C=C\C/C=C\C/C=C\C/C=C\CCCCCCCCC(=O)OC(COCCCCCCCCCCCCCCCCCCCCC)COP(=O)([O-])OCC[N+](C)(C)C. The molecule has 0 amide bonds. The van der Waals surface area contributed by atoms with E-state index in [1.54, 1.807) is 0 Å². The van der Waals surface area contributed by atoms with Crippen molar-refractivity contribution in [2.24, 2.45) is 0 Å². The fourth-order valence-electron chi connectivity index (χ4n) is 6.83. The van der Waals surface area contributed by atoms with Crippen LogP contribution < -0.4 is 4.89 Å². The van der Waals surface area contributed by atoms with Crippen LogP contribution in [0, 0.1) is 0 Å². The summed E-state index contributed by atoms with van der Waals surface area (Å²) in [4.78, 5) is 25.1. The summed E-state index contributed by atoms with van der Waals surface area (Å²) in [6.45, 7) is 5.31. The average molecular weight is 866 g/mol. The Morgan fingerprint density at radius 1 is 0.533 bits per heavy atom. The maximum absolute atomic E-state index is 12.7. The quantitative estimate of drug-likeness (QED) is 0.0198. The molecule has 0 aromatic rings. The topological polar surface area (TPSA) is 94.1 Å². The van der Waals surface area contributed by atoms with Crippen LogP contribution in [0.25, 0.3) is 0 Å². The van der Waals surface area contributed by atoms with Gasteiger partial charge in [0, 0.05) is 13.0 Å². The molecular weight excluding hydrogens is 770 g/mol. The number of unbranched alkanes of at least 4 members (excludes halogenated alkanes) is 24. The molecule has 0 aliphatic rings. The summed E-state index contributed by atoms with van der Waals surface area (Å²) < 4.78 is 34.7. The van der Waals surface area contributed by atoms with Crippen molar-refractivity contribution in [3.05, 3.63) is 48.6 Å². The van der Waals surface area contributed by atoms with E-state index >= 15 is 0 Å². The molecule has 60 heavy (non-hydrogen) atoms. The lowest BCUT2D eigenvalue weighted by atomic mass is 10.0. The highest BCUT2D eigenvalue weighted by atomic mass is 31.2. The van der Waals surface area contributed by atoms with Crippen LogP contribution in [0.5, 0.6) is 0 Å². The fourth-order valence-corrected chi connectivity index (χ4v) is 7.56. The Labute approximate surface area is 371 Å². The molecule has 8 nitrogen and oxygen atoms in total. The molecule has 0 N–H and O–H groups in total. The first kappa shape index (κ1) is 58.5. The Kier molecular flexibility index (Phi) is 43.0. The summed E-state index contributed by atoms with van der Waals surface area (Å²) in [6, 6.07) is 0. The van der Waals surface area contributed by atoms with Gasteiger partial charge in [-0.05, 0) is 51.4 Å². The Bertz CT molecular complexity index is 1100. The van der Waals surface area contributed by atoms with E-state index in [2.05, 4.69) is 62.5 Å². The van der Waals surface area contributed by atoms with Crippen molar-refractivity contribution < 1.29 is 37.3 Å². The molecule has 9 heteroatoms. The standard InChI is InChI=1S/C51H96NO7P/c1-6-8-10-12-14-16-18-20-22-24-26-28-30-32-34-36-38-40-42-44-51(53)59-50(49-58-60(54,55)57-47-45-52(3,4)5)48-56-46-43-41-39-37-35-33-31-29-27-25-23-21-19-17-15-13-11-9-7-2/h8,10,14,16,20,22,26,28,50H,6-7,9,11-13,15,17-19,21,23-25,27,29-49H2,1-5H3/b10-8-,16-14-,22-20-,28-26-. The molecule has 0 rings (SSSR count). The fraction of sp³-hybridized carbons (Fsp3) is 0.824. The second kappa shape index (κ2) is 44.1. The molecule has 0 bridgehead atoms. The van der Waals surface area contributed by atoms with Crippen LogP contribution in [-0.4, -0.2) is 70.7 Å². The first-order chi connectivity index (χ1) is 29.1. The molecule has 0 spiro atoms. The van der Waals surface area contributed by atoms with E-state index in [1.807, 2.05) is 21.1 Å². The van der Waals surface area contributed by atoms with Gasteiger partial charge in [0.05, 0.1) is 34.4 Å². The molecule has 0 fully saturated rings. The van der Waals surface area contributed by atoms with E-state index in [0.29, 0.717) is 24.1 Å². The summed E-state index contributed by atoms with van der Waals surface area (Å²) in [5.41, 5.74) is 0. The van der Waals surface area contributed by atoms with E-state index in [9.17, 15) is 14.3 Å². The van der Waals surface area contributed by atoms with Crippen molar-refractivity contribution in [2.45, 2.75) is 219 Å². The van der Waals surface area contributed by atoms with Crippen molar-refractivity contribution in [2.75, 3.05) is 54.1 Å². The Balaban J connectivity index is 4.18. The van der Waals surface area contributed by atoms with Crippen molar-refractivity contribution in [3.8, 4) is 0 Å². The van der Waals surface area contributed by atoms with Crippen LogP contribution in [-0.2, 0) is 27.9 Å². The number of phosphoric acid groups is 1. The van der Waals surface area contributed by atoms with E-state index in [4.69, 9.17) is 18.5 Å². The van der Waals surface area contributed by atoms with E-state index in [1.165, 1.54) is 122 Å². The third-order valence-corrected chi connectivity index (χ3v) is 11.6. The summed E-state index contributed by atoms with van der Waals surface area (Å²) in [7, 11) is 1.35. The van der Waals surface area contributed by atoms with Gasteiger partial charge in [0.2, 0.25) is 0 Å². The molecule has 0 aromatic carbocycles. The third kappa shape index (κ3) is 47.5. The first-order valence-corrected chi connectivity index (χ1v) is 26.3. The molecule has 2 unspecified atom stereocenters. The van der Waals surface area contributed by atoms with Crippen LogP contribution in [0.1, 0.15) is 213 Å². The molecule has 2 atom stereocenters. The second-order valence-electron chi connectivity index (χ2n) is 17.8. The minimum atomic E-state index is -4.53. The number of nitrogens with zero attached hydrogens (tertiary/aromatic N) is 1. The van der Waals surface area contributed by atoms with E-state index < -0.39 is 13.9 Å². The number of hydrogen-bond donors (Lipinski definition) is 0. The van der Waals surface area contributed by atoms with Gasteiger partial charge in [-0.1, -0.05) is 204 Å². The normalized spacial score (nSPS) is 14.0. The molecule has 0 saturated heterocycles. The highest BCUT2D eigenvalue weighted by molar-refractivity contribution is 7.45. The minimum Gasteiger partial charge on any atom is -0.756 e. The lowest BCUT2D eigenvalue weighted by molar-refractivity contribution is -0.870. The number of phosphoric ester groups is 1. The molecule has 0 aliphatic heterocycles. The van der Waals surface area contributed by atoms with Gasteiger partial charge in [0.25, 0.3) is 7.82 Å². The Morgan fingerprint density at radius 2 is 0.967 bits per heavy atom. The van der Waals surface area contributed by atoms with E-state index in [-0.39, 0.29) is 25.8 Å². The predicted molar refractivity (Wildman–Crippen MR) is 254 cm³/mol. The van der Waals surface area contributed by atoms with Crippen LogP contribution in [0.4, 0.5) is 0 Å². The highest BCUT2D eigenvalue weighted by Crippen LogP contribution is 2.38. The largest absolute Gasteiger partial charge is 0.756 e. The van der Waals surface area contributed by atoms with Crippen LogP contribution in [0.15, 0.2) is 48.6 Å². The zero-order chi connectivity index (χ0) is 44.1. The van der Waals surface area contributed by atoms with Gasteiger partial charge in [0.15, 0.2) is 0 Å². The van der Waals surface area contributed by atoms with Gasteiger partial charge >= 0.3 is 5.97 Å². The summed E-state index contributed by atoms with van der Waals surface area (Å²) in [5.74, 6) is -0.346. The van der Waals surface area contributed by atoms with Crippen molar-refractivity contribution in [1.29, 1.82) is 0 Å². The maximum atomic E-state index is 12.7. The first-order valence-electron chi connectivity index (χ1n) is 24.9. The molecule has 0 aliphatic carbocycles. The zero-order valence-corrected chi connectivity index (χ0v) is 40.8. The number of rotatable bonds is 46. The summed E-state index contributed by atoms with van der Waals surface area (Å²) >= 11 is 0. The molecule has 352 valence electrons. The number of hydrogen-bond acceptors (Lipinski definition) is 7. The summed E-state index contributed by atoms with van der Waals surface area (Å²) in [5, 5.41) is 0. The molecular formula is C51H96NO7P.